The molecule has 6 nitrogen and oxygen atoms in total. The Kier molecular flexibility index (Phi) is 6.47. The third-order valence-corrected chi connectivity index (χ3v) is 7.48. The molecule has 0 aromatic heterocycles. The Morgan fingerprint density at radius 3 is 1.26 bits per heavy atom. The van der Waals surface area contributed by atoms with Gasteiger partial charge in [-0.25, -0.2) is 0 Å². The molecule has 0 fully saturated rings. The van der Waals surface area contributed by atoms with Gasteiger partial charge in [-0.05, 0) is 38.1 Å². The van der Waals surface area contributed by atoms with Crippen LogP contribution in [0.5, 0.6) is 0 Å². The van der Waals surface area contributed by atoms with Gasteiger partial charge in [0.2, 0.25) is 0 Å². The summed E-state index contributed by atoms with van der Waals surface area (Å²) >= 11 is 0. The number of hydrogen-bond acceptors (Lipinski definition) is 6. The van der Waals surface area contributed by atoms with Gasteiger partial charge < -0.3 is 0 Å². The van der Waals surface area contributed by atoms with Gasteiger partial charge >= 0.3 is 0 Å². The second kappa shape index (κ2) is 8.10. The van der Waals surface area contributed by atoms with E-state index in [4.69, 9.17) is 8.37 Å². The van der Waals surface area contributed by atoms with Gasteiger partial charge in [-0.3, -0.25) is 8.37 Å². The molecule has 0 amide bonds. The van der Waals surface area contributed by atoms with Crippen molar-refractivity contribution < 1.29 is 25.2 Å². The van der Waals surface area contributed by atoms with Gasteiger partial charge in [0.25, 0.3) is 20.2 Å². The predicted octanol–water partition coefficient (Wildman–Crippen LogP) is 3.60. The Hall–Kier alpha value is -1.74. The maximum atomic E-state index is 12.4. The van der Waals surface area contributed by atoms with Crippen molar-refractivity contribution in [3.63, 3.8) is 0 Å². The average Bonchev–Trinajstić information content (AvgIpc) is 2.62. The molecule has 2 atom stereocenters. The van der Waals surface area contributed by atoms with Crippen LogP contribution >= 0.6 is 0 Å². The first kappa shape index (κ1) is 21.6. The van der Waals surface area contributed by atoms with Crippen molar-refractivity contribution in [2.75, 3.05) is 0 Å². The van der Waals surface area contributed by atoms with Gasteiger partial charge in [-0.2, -0.15) is 16.8 Å². The lowest BCUT2D eigenvalue weighted by molar-refractivity contribution is 0.00308. The summed E-state index contributed by atoms with van der Waals surface area (Å²) in [5.74, 6) is 0. The molecule has 0 aliphatic carbocycles. The molecule has 0 heterocycles. The first-order valence-electron chi connectivity index (χ1n) is 8.43. The van der Waals surface area contributed by atoms with E-state index in [1.165, 1.54) is 24.3 Å². The molecule has 0 radical (unpaired) electrons. The summed E-state index contributed by atoms with van der Waals surface area (Å²) in [5.41, 5.74) is -0.913. The quantitative estimate of drug-likeness (QED) is 0.616. The summed E-state index contributed by atoms with van der Waals surface area (Å²) in [6.07, 6.45) is -1.66. The molecular formula is C19H24O6S2. The Labute approximate surface area is 161 Å². The molecule has 8 heteroatoms. The molecule has 2 aromatic rings. The van der Waals surface area contributed by atoms with Crippen LogP contribution in [-0.2, 0) is 28.6 Å². The molecule has 0 bridgehead atoms. The Bertz CT molecular complexity index is 872. The maximum absolute atomic E-state index is 12.4. The molecule has 0 spiro atoms. The summed E-state index contributed by atoms with van der Waals surface area (Å²) in [5, 5.41) is 0. The molecule has 27 heavy (non-hydrogen) atoms. The van der Waals surface area contributed by atoms with Crippen LogP contribution in [0.4, 0.5) is 0 Å². The van der Waals surface area contributed by atoms with Crippen molar-refractivity contribution in [2.45, 2.75) is 49.7 Å². The van der Waals surface area contributed by atoms with Gasteiger partial charge in [-0.15, -0.1) is 0 Å². The van der Waals surface area contributed by atoms with E-state index in [1.54, 1.807) is 64.1 Å². The van der Waals surface area contributed by atoms with E-state index in [1.807, 2.05) is 0 Å². The highest BCUT2D eigenvalue weighted by Gasteiger charge is 2.39. The molecular weight excluding hydrogens is 388 g/mol. The lowest BCUT2D eigenvalue weighted by Crippen LogP contribution is -2.42. The molecule has 2 unspecified atom stereocenters. The Morgan fingerprint density at radius 2 is 0.963 bits per heavy atom. The summed E-state index contributed by atoms with van der Waals surface area (Å²) in [4.78, 5) is 0.0799. The topological polar surface area (TPSA) is 86.7 Å². The lowest BCUT2D eigenvalue weighted by Gasteiger charge is -2.35. The van der Waals surface area contributed by atoms with Crippen LogP contribution < -0.4 is 0 Å². The van der Waals surface area contributed by atoms with Crippen LogP contribution in [0, 0.1) is 5.41 Å². The second-order valence-corrected chi connectivity index (χ2v) is 9.98. The van der Waals surface area contributed by atoms with Crippen LogP contribution in [0.1, 0.15) is 27.7 Å². The zero-order chi connectivity index (χ0) is 20.3. The van der Waals surface area contributed by atoms with Crippen LogP contribution in [0.25, 0.3) is 0 Å². The first-order chi connectivity index (χ1) is 12.5. The van der Waals surface area contributed by atoms with Crippen molar-refractivity contribution in [3.8, 4) is 0 Å². The van der Waals surface area contributed by atoms with E-state index >= 15 is 0 Å². The monoisotopic (exact) mass is 412 g/mol. The van der Waals surface area contributed by atoms with Crippen molar-refractivity contribution in [1.29, 1.82) is 0 Å². The zero-order valence-electron chi connectivity index (χ0n) is 15.7. The van der Waals surface area contributed by atoms with E-state index in [0.717, 1.165) is 0 Å². The van der Waals surface area contributed by atoms with E-state index < -0.39 is 37.9 Å². The summed E-state index contributed by atoms with van der Waals surface area (Å²) in [7, 11) is -7.95. The van der Waals surface area contributed by atoms with Crippen molar-refractivity contribution in [2.24, 2.45) is 5.41 Å². The standard InChI is InChI=1S/C19H24O6S2/c1-15(24-26(20,21)17-11-7-5-8-12-17)19(3,4)16(2)25-27(22,23)18-13-9-6-10-14-18/h5-16H,1-4H3. The average molecular weight is 413 g/mol. The number of benzene rings is 2. The molecule has 2 aromatic carbocycles. The lowest BCUT2D eigenvalue weighted by atomic mass is 9.82. The molecule has 148 valence electrons. The van der Waals surface area contributed by atoms with Gasteiger partial charge in [0.1, 0.15) is 0 Å². The highest BCUT2D eigenvalue weighted by molar-refractivity contribution is 7.87. The fraction of sp³-hybridized carbons (Fsp3) is 0.368. The van der Waals surface area contributed by atoms with Crippen LogP contribution in [0.3, 0.4) is 0 Å². The minimum atomic E-state index is -3.98. The SMILES string of the molecule is CC(OS(=O)(=O)c1ccccc1)C(C)(C)C(C)OS(=O)(=O)c1ccccc1. The van der Waals surface area contributed by atoms with Crippen LogP contribution in [0.15, 0.2) is 70.5 Å². The Morgan fingerprint density at radius 1 is 0.667 bits per heavy atom. The first-order valence-corrected chi connectivity index (χ1v) is 11.2. The van der Waals surface area contributed by atoms with E-state index in [-0.39, 0.29) is 9.79 Å². The third kappa shape index (κ3) is 5.16. The summed E-state index contributed by atoms with van der Waals surface area (Å²) in [6, 6.07) is 15.6. The van der Waals surface area contributed by atoms with Crippen LogP contribution in [0.2, 0.25) is 0 Å². The minimum Gasteiger partial charge on any atom is -0.263 e. The van der Waals surface area contributed by atoms with Crippen molar-refractivity contribution in [1.82, 2.24) is 0 Å². The molecule has 0 aliphatic heterocycles. The highest BCUT2D eigenvalue weighted by atomic mass is 32.2. The fourth-order valence-electron chi connectivity index (χ4n) is 2.24. The van der Waals surface area contributed by atoms with E-state index in [2.05, 4.69) is 0 Å². The van der Waals surface area contributed by atoms with Gasteiger partial charge in [0.15, 0.2) is 0 Å². The summed E-state index contributed by atoms with van der Waals surface area (Å²) in [6.45, 7) is 6.55. The minimum absolute atomic E-state index is 0.0399. The third-order valence-electron chi connectivity index (χ3n) is 4.70. The molecule has 0 aliphatic rings. The highest BCUT2D eigenvalue weighted by Crippen LogP contribution is 2.33. The molecule has 0 saturated heterocycles. The van der Waals surface area contributed by atoms with E-state index in [9.17, 15) is 16.8 Å². The van der Waals surface area contributed by atoms with Gasteiger partial charge in [0.05, 0.1) is 22.0 Å². The van der Waals surface area contributed by atoms with Gasteiger partial charge in [-0.1, -0.05) is 50.2 Å². The van der Waals surface area contributed by atoms with Gasteiger partial charge in [0, 0.05) is 5.41 Å². The number of hydrogen-bond donors (Lipinski definition) is 0. The smallest absolute Gasteiger partial charge is 0.263 e. The Balaban J connectivity index is 2.16. The second-order valence-electron chi connectivity index (χ2n) is 6.83. The van der Waals surface area contributed by atoms with Crippen molar-refractivity contribution in [3.05, 3.63) is 60.7 Å². The van der Waals surface area contributed by atoms with Crippen molar-refractivity contribution >= 4 is 20.2 Å². The molecule has 2 rings (SSSR count). The normalized spacial score (nSPS) is 15.3. The molecule has 0 N–H and O–H groups in total. The van der Waals surface area contributed by atoms with Crippen LogP contribution in [-0.4, -0.2) is 29.0 Å². The zero-order valence-corrected chi connectivity index (χ0v) is 17.3. The summed E-state index contributed by atoms with van der Waals surface area (Å²) < 4.78 is 60.4. The van der Waals surface area contributed by atoms with E-state index in [0.29, 0.717) is 0 Å². The predicted molar refractivity (Wildman–Crippen MR) is 102 cm³/mol. The maximum Gasteiger partial charge on any atom is 0.297 e. The molecule has 0 saturated carbocycles. The largest absolute Gasteiger partial charge is 0.297 e. The fourth-order valence-corrected chi connectivity index (χ4v) is 4.70. The number of rotatable bonds is 8.